The molecule has 0 aliphatic carbocycles. The normalized spacial score (nSPS) is 12.6. The molecule has 3 nitrogen and oxygen atoms in total. The molecule has 0 radical (unpaired) electrons. The van der Waals surface area contributed by atoms with Crippen molar-refractivity contribution >= 4 is 40.2 Å². The van der Waals surface area contributed by atoms with E-state index in [2.05, 4.69) is 5.43 Å². The third-order valence-electron chi connectivity index (χ3n) is 2.43. The molecule has 0 spiro atoms. The second-order valence-electron chi connectivity index (χ2n) is 3.51. The lowest BCUT2D eigenvalue weighted by atomic mass is 10.0. The van der Waals surface area contributed by atoms with Crippen LogP contribution in [0.15, 0.2) is 29.6 Å². The van der Waals surface area contributed by atoms with Gasteiger partial charge in [0.15, 0.2) is 0 Å². The zero-order chi connectivity index (χ0) is 12.4. The largest absolute Gasteiger partial charge is 0.398 e. The Balaban J connectivity index is 2.46. The van der Waals surface area contributed by atoms with Crippen molar-refractivity contribution in [3.05, 3.63) is 50.1 Å². The van der Waals surface area contributed by atoms with Crippen LogP contribution in [0.1, 0.15) is 16.5 Å². The van der Waals surface area contributed by atoms with Gasteiger partial charge in [-0.15, -0.1) is 11.3 Å². The summed E-state index contributed by atoms with van der Waals surface area (Å²) >= 11 is 13.5. The molecule has 0 amide bonds. The molecule has 1 atom stereocenters. The summed E-state index contributed by atoms with van der Waals surface area (Å²) in [5.74, 6) is 5.58. The van der Waals surface area contributed by atoms with E-state index < -0.39 is 0 Å². The fourth-order valence-corrected chi connectivity index (χ4v) is 3.05. The van der Waals surface area contributed by atoms with Gasteiger partial charge in [0.2, 0.25) is 0 Å². The Morgan fingerprint density at radius 2 is 2.00 bits per heavy atom. The molecule has 0 saturated carbocycles. The second-order valence-corrected chi connectivity index (χ2v) is 5.30. The first-order valence-electron chi connectivity index (χ1n) is 4.87. The number of benzene rings is 1. The zero-order valence-corrected chi connectivity index (χ0v) is 11.1. The van der Waals surface area contributed by atoms with Crippen LogP contribution in [-0.4, -0.2) is 0 Å². The van der Waals surface area contributed by atoms with Gasteiger partial charge in [-0.3, -0.25) is 5.84 Å². The SMILES string of the molecule is NNC(c1ccc(Cl)cc1N)c1sccc1Cl. The van der Waals surface area contributed by atoms with E-state index in [-0.39, 0.29) is 6.04 Å². The van der Waals surface area contributed by atoms with E-state index in [1.165, 1.54) is 11.3 Å². The monoisotopic (exact) mass is 287 g/mol. The Morgan fingerprint density at radius 1 is 1.24 bits per heavy atom. The quantitative estimate of drug-likeness (QED) is 0.461. The number of hydrazine groups is 1. The minimum Gasteiger partial charge on any atom is -0.398 e. The Bertz CT molecular complexity index is 527. The number of hydrogen-bond donors (Lipinski definition) is 3. The summed E-state index contributed by atoms with van der Waals surface area (Å²) in [6.07, 6.45) is 0. The number of nitrogens with one attached hydrogen (secondary N) is 1. The molecule has 6 heteroatoms. The standard InChI is InChI=1S/C11H11Cl2N3S/c12-6-1-2-7(9(14)5-6)10(16-15)11-8(13)3-4-17-11/h1-5,10,16H,14-15H2. The van der Waals surface area contributed by atoms with Gasteiger partial charge in [0, 0.05) is 15.6 Å². The zero-order valence-electron chi connectivity index (χ0n) is 8.78. The second kappa shape index (κ2) is 5.25. The van der Waals surface area contributed by atoms with Crippen LogP contribution in [0.2, 0.25) is 10.0 Å². The van der Waals surface area contributed by atoms with Gasteiger partial charge in [0.1, 0.15) is 0 Å². The topological polar surface area (TPSA) is 64.1 Å². The Hall–Kier alpha value is -0.780. The van der Waals surface area contributed by atoms with Crippen LogP contribution in [0.25, 0.3) is 0 Å². The van der Waals surface area contributed by atoms with Gasteiger partial charge in [-0.25, -0.2) is 5.43 Å². The van der Waals surface area contributed by atoms with Gasteiger partial charge in [0.05, 0.1) is 11.1 Å². The average molecular weight is 288 g/mol. The van der Waals surface area contributed by atoms with Crippen molar-refractivity contribution in [1.29, 1.82) is 0 Å². The van der Waals surface area contributed by atoms with Crippen LogP contribution >= 0.6 is 34.5 Å². The summed E-state index contributed by atoms with van der Waals surface area (Å²) in [6, 6.07) is 6.93. The van der Waals surface area contributed by atoms with Crippen molar-refractivity contribution in [3.8, 4) is 0 Å². The fraction of sp³-hybridized carbons (Fsp3) is 0.0909. The smallest absolute Gasteiger partial charge is 0.0837 e. The number of thiophene rings is 1. The molecule has 0 saturated heterocycles. The van der Waals surface area contributed by atoms with Gasteiger partial charge in [-0.1, -0.05) is 29.3 Å². The Kier molecular flexibility index (Phi) is 3.91. The molecule has 5 N–H and O–H groups in total. The molecule has 2 rings (SSSR count). The summed E-state index contributed by atoms with van der Waals surface area (Å²) in [5.41, 5.74) is 10.1. The van der Waals surface area contributed by atoms with Crippen molar-refractivity contribution in [2.45, 2.75) is 6.04 Å². The molecule has 1 aromatic carbocycles. The molecule has 17 heavy (non-hydrogen) atoms. The van der Waals surface area contributed by atoms with Crippen molar-refractivity contribution in [3.63, 3.8) is 0 Å². The molecular formula is C11H11Cl2N3S. The third kappa shape index (κ3) is 2.56. The van der Waals surface area contributed by atoms with E-state index in [1.807, 2.05) is 17.5 Å². The summed E-state index contributed by atoms with van der Waals surface area (Å²) in [5, 5.41) is 3.18. The Morgan fingerprint density at radius 3 is 2.53 bits per heavy atom. The molecule has 0 fully saturated rings. The lowest BCUT2D eigenvalue weighted by Gasteiger charge is -2.17. The first-order valence-corrected chi connectivity index (χ1v) is 6.51. The van der Waals surface area contributed by atoms with Crippen LogP contribution in [0.5, 0.6) is 0 Å². The van der Waals surface area contributed by atoms with E-state index in [4.69, 9.17) is 34.8 Å². The lowest BCUT2D eigenvalue weighted by Crippen LogP contribution is -2.29. The number of rotatable bonds is 3. The maximum Gasteiger partial charge on any atom is 0.0837 e. The Labute approximate surface area is 113 Å². The van der Waals surface area contributed by atoms with E-state index in [0.29, 0.717) is 15.7 Å². The highest BCUT2D eigenvalue weighted by atomic mass is 35.5. The number of anilines is 1. The first kappa shape index (κ1) is 12.7. The van der Waals surface area contributed by atoms with Crippen LogP contribution in [0.4, 0.5) is 5.69 Å². The highest BCUT2D eigenvalue weighted by molar-refractivity contribution is 7.10. The third-order valence-corrected chi connectivity index (χ3v) is 4.09. The molecule has 0 aliphatic heterocycles. The molecule has 2 aromatic rings. The van der Waals surface area contributed by atoms with Crippen molar-refractivity contribution in [2.24, 2.45) is 5.84 Å². The molecule has 1 unspecified atom stereocenters. The van der Waals surface area contributed by atoms with Crippen molar-refractivity contribution in [2.75, 3.05) is 5.73 Å². The minimum absolute atomic E-state index is 0.222. The highest BCUT2D eigenvalue weighted by Crippen LogP contribution is 2.35. The summed E-state index contributed by atoms with van der Waals surface area (Å²) < 4.78 is 0. The molecule has 0 aliphatic rings. The minimum atomic E-state index is -0.222. The number of hydrogen-bond acceptors (Lipinski definition) is 4. The van der Waals surface area contributed by atoms with Gasteiger partial charge in [-0.05, 0) is 29.1 Å². The van der Waals surface area contributed by atoms with Gasteiger partial charge >= 0.3 is 0 Å². The molecular weight excluding hydrogens is 277 g/mol. The average Bonchev–Trinajstić information content (AvgIpc) is 2.69. The van der Waals surface area contributed by atoms with Crippen LogP contribution in [0, 0.1) is 0 Å². The maximum absolute atomic E-state index is 6.09. The van der Waals surface area contributed by atoms with Crippen LogP contribution in [0.3, 0.4) is 0 Å². The molecule has 1 heterocycles. The van der Waals surface area contributed by atoms with E-state index >= 15 is 0 Å². The van der Waals surface area contributed by atoms with E-state index in [1.54, 1.807) is 12.1 Å². The van der Waals surface area contributed by atoms with Crippen LogP contribution < -0.4 is 17.0 Å². The van der Waals surface area contributed by atoms with Crippen LogP contribution in [-0.2, 0) is 0 Å². The van der Waals surface area contributed by atoms with Crippen molar-refractivity contribution < 1.29 is 0 Å². The molecule has 0 bridgehead atoms. The predicted molar refractivity (Wildman–Crippen MR) is 74.4 cm³/mol. The fourth-order valence-electron chi connectivity index (χ4n) is 1.63. The molecule has 90 valence electrons. The highest BCUT2D eigenvalue weighted by Gasteiger charge is 2.19. The number of nitrogen functional groups attached to an aromatic ring is 1. The van der Waals surface area contributed by atoms with Gasteiger partial charge < -0.3 is 5.73 Å². The molecule has 1 aromatic heterocycles. The summed E-state index contributed by atoms with van der Waals surface area (Å²) in [4.78, 5) is 0.934. The number of nitrogens with two attached hydrogens (primary N) is 2. The number of halogens is 2. The maximum atomic E-state index is 6.09. The first-order chi connectivity index (χ1) is 8.13. The van der Waals surface area contributed by atoms with Crippen molar-refractivity contribution in [1.82, 2.24) is 5.43 Å². The van der Waals surface area contributed by atoms with E-state index in [0.717, 1.165) is 10.4 Å². The summed E-state index contributed by atoms with van der Waals surface area (Å²) in [7, 11) is 0. The van der Waals surface area contributed by atoms with E-state index in [9.17, 15) is 0 Å². The predicted octanol–water partition coefficient (Wildman–Crippen LogP) is 3.19. The van der Waals surface area contributed by atoms with Gasteiger partial charge in [0.25, 0.3) is 0 Å². The van der Waals surface area contributed by atoms with Gasteiger partial charge in [-0.2, -0.15) is 0 Å². The summed E-state index contributed by atoms with van der Waals surface area (Å²) in [6.45, 7) is 0. The lowest BCUT2D eigenvalue weighted by molar-refractivity contribution is 0.648.